The summed E-state index contributed by atoms with van der Waals surface area (Å²) in [6, 6.07) is 7.92. The first-order chi connectivity index (χ1) is 16.8. The molecule has 1 unspecified atom stereocenters. The van der Waals surface area contributed by atoms with Crippen molar-refractivity contribution in [2.45, 2.75) is 25.9 Å². The van der Waals surface area contributed by atoms with Crippen LogP contribution < -0.4 is 14.8 Å². The number of carbonyl (C=O) groups is 1. The number of hydrogen-bond acceptors (Lipinski definition) is 9. The zero-order valence-electron chi connectivity index (χ0n) is 19.4. The number of rotatable bonds is 9. The Morgan fingerprint density at radius 2 is 2.06 bits per heavy atom. The van der Waals surface area contributed by atoms with Crippen molar-refractivity contribution in [1.29, 1.82) is 0 Å². The largest absolute Gasteiger partial charge is 0.508 e. The van der Waals surface area contributed by atoms with E-state index in [1.165, 1.54) is 32.2 Å². The molecule has 2 N–H and O–H groups in total. The average Bonchev–Trinajstić information content (AvgIpc) is 3.29. The molecule has 11 heteroatoms. The summed E-state index contributed by atoms with van der Waals surface area (Å²) >= 11 is 6.29. The molecular formula is C24H26ClFN4O5. The molecule has 1 aliphatic rings. The lowest BCUT2D eigenvalue weighted by Gasteiger charge is -2.24. The lowest BCUT2D eigenvalue weighted by Crippen LogP contribution is -2.37. The van der Waals surface area contributed by atoms with Crippen LogP contribution in [0.1, 0.15) is 19.8 Å². The highest BCUT2D eigenvalue weighted by molar-refractivity contribution is 6.35. The lowest BCUT2D eigenvalue weighted by atomic mass is 10.1. The molecular weight excluding hydrogens is 479 g/mol. The monoisotopic (exact) mass is 504 g/mol. The minimum atomic E-state index is -0.992. The Balaban J connectivity index is 1.71. The predicted octanol–water partition coefficient (Wildman–Crippen LogP) is 4.29. The summed E-state index contributed by atoms with van der Waals surface area (Å²) in [7, 11) is 1.45. The summed E-state index contributed by atoms with van der Waals surface area (Å²) in [5.41, 5.74) is 1.04. The molecule has 0 amide bonds. The third-order valence-corrected chi connectivity index (χ3v) is 5.85. The third kappa shape index (κ3) is 6.01. The smallest absolute Gasteiger partial charge is 0.310 e. The van der Waals surface area contributed by atoms with Crippen LogP contribution in [0.3, 0.4) is 0 Å². The third-order valence-electron chi connectivity index (χ3n) is 5.57. The predicted molar refractivity (Wildman–Crippen MR) is 129 cm³/mol. The van der Waals surface area contributed by atoms with Crippen LogP contribution in [0.15, 0.2) is 30.3 Å². The number of nitrogens with one attached hydrogen (secondary N) is 1. The van der Waals surface area contributed by atoms with Crippen molar-refractivity contribution in [3.8, 4) is 17.2 Å². The molecule has 4 rings (SSSR count). The molecule has 9 nitrogen and oxygen atoms in total. The van der Waals surface area contributed by atoms with Crippen molar-refractivity contribution < 1.29 is 28.5 Å². The van der Waals surface area contributed by atoms with E-state index in [9.17, 15) is 14.3 Å². The van der Waals surface area contributed by atoms with E-state index in [0.29, 0.717) is 23.3 Å². The Kier molecular flexibility index (Phi) is 7.72. The molecule has 0 saturated carbocycles. The van der Waals surface area contributed by atoms with Gasteiger partial charge in [0.15, 0.2) is 11.5 Å². The fourth-order valence-electron chi connectivity index (χ4n) is 4.14. The van der Waals surface area contributed by atoms with Crippen LogP contribution in [0.2, 0.25) is 5.15 Å². The number of aromatic nitrogens is 2. The molecule has 0 spiro atoms. The van der Waals surface area contributed by atoms with Crippen LogP contribution in [0.5, 0.6) is 17.2 Å². The SMILES string of the molecule is COc1c(OCC(CN2CCCC2)OC(C)=O)cc2nc(F)nc(Cl)c2c1Nc1cccc(O)c1. The molecule has 186 valence electrons. The topological polar surface area (TPSA) is 106 Å². The van der Waals surface area contributed by atoms with Crippen molar-refractivity contribution in [3.05, 3.63) is 41.6 Å². The molecule has 0 aliphatic carbocycles. The Morgan fingerprint density at radius 3 is 2.74 bits per heavy atom. The highest BCUT2D eigenvalue weighted by Crippen LogP contribution is 2.45. The minimum Gasteiger partial charge on any atom is -0.508 e. The van der Waals surface area contributed by atoms with Gasteiger partial charge in [0.2, 0.25) is 0 Å². The van der Waals surface area contributed by atoms with Gasteiger partial charge in [-0.2, -0.15) is 9.37 Å². The number of halogens is 2. The number of methoxy groups -OCH3 is 1. The van der Waals surface area contributed by atoms with Crippen LogP contribution >= 0.6 is 11.6 Å². The number of nitrogens with zero attached hydrogens (tertiary/aromatic N) is 3. The number of likely N-dealkylation sites (tertiary alicyclic amines) is 1. The summed E-state index contributed by atoms with van der Waals surface area (Å²) in [4.78, 5) is 21.4. The van der Waals surface area contributed by atoms with Gasteiger partial charge in [0, 0.05) is 31.3 Å². The van der Waals surface area contributed by atoms with Crippen LogP contribution in [0.25, 0.3) is 10.9 Å². The second-order valence-corrected chi connectivity index (χ2v) is 8.54. The van der Waals surface area contributed by atoms with Gasteiger partial charge in [0.25, 0.3) is 0 Å². The van der Waals surface area contributed by atoms with Gasteiger partial charge >= 0.3 is 12.0 Å². The first kappa shape index (κ1) is 24.7. The molecule has 35 heavy (non-hydrogen) atoms. The fraction of sp³-hybridized carbons (Fsp3) is 0.375. The number of esters is 1. The molecule has 1 fully saturated rings. The van der Waals surface area contributed by atoms with Crippen LogP contribution in [-0.2, 0) is 9.53 Å². The number of phenols is 1. The Labute approximate surface area is 206 Å². The highest BCUT2D eigenvalue weighted by atomic mass is 35.5. The van der Waals surface area contributed by atoms with Crippen molar-refractivity contribution in [2.24, 2.45) is 0 Å². The molecule has 2 aromatic carbocycles. The van der Waals surface area contributed by atoms with Gasteiger partial charge in [-0.15, -0.1) is 0 Å². The first-order valence-corrected chi connectivity index (χ1v) is 11.5. The van der Waals surface area contributed by atoms with Gasteiger partial charge in [-0.3, -0.25) is 9.69 Å². The summed E-state index contributed by atoms with van der Waals surface area (Å²) in [6.45, 7) is 3.80. The molecule has 1 atom stereocenters. The summed E-state index contributed by atoms with van der Waals surface area (Å²) in [6.07, 6.45) is 0.692. The van der Waals surface area contributed by atoms with E-state index in [0.717, 1.165) is 25.9 Å². The van der Waals surface area contributed by atoms with Crippen molar-refractivity contribution in [1.82, 2.24) is 14.9 Å². The molecule has 1 saturated heterocycles. The van der Waals surface area contributed by atoms with Crippen LogP contribution in [0, 0.1) is 6.08 Å². The lowest BCUT2D eigenvalue weighted by molar-refractivity contribution is -0.148. The second-order valence-electron chi connectivity index (χ2n) is 8.19. The zero-order valence-corrected chi connectivity index (χ0v) is 20.1. The average molecular weight is 505 g/mol. The number of ether oxygens (including phenoxy) is 3. The second kappa shape index (κ2) is 10.9. The van der Waals surface area contributed by atoms with E-state index < -0.39 is 18.2 Å². The standard InChI is InChI=1S/C24H26ClFN4O5/c1-14(31)35-17(12-30-8-3-4-9-30)13-34-19-11-18-20(23(25)29-24(26)28-18)21(22(19)33-2)27-15-6-5-7-16(32)10-15/h5-7,10-11,17,27,32H,3-4,8-9,12-13H2,1-2H3. The molecule has 1 aromatic heterocycles. The maximum atomic E-state index is 14.0. The van der Waals surface area contributed by atoms with Gasteiger partial charge in [0.1, 0.15) is 23.6 Å². The number of benzene rings is 2. The number of fused-ring (bicyclic) bond motifs is 1. The highest BCUT2D eigenvalue weighted by Gasteiger charge is 2.24. The summed E-state index contributed by atoms with van der Waals surface area (Å²) in [5.74, 6) is 0.150. The maximum absolute atomic E-state index is 14.0. The van der Waals surface area contributed by atoms with Gasteiger partial charge in [-0.25, -0.2) is 4.98 Å². The molecule has 0 bridgehead atoms. The number of phenolic OH excluding ortho intramolecular Hbond substituents is 1. The number of anilines is 2. The molecule has 2 heterocycles. The molecule has 3 aromatic rings. The number of hydrogen-bond donors (Lipinski definition) is 2. The molecule has 0 radical (unpaired) electrons. The summed E-state index contributed by atoms with van der Waals surface area (Å²) < 4.78 is 31.2. The Hall–Kier alpha value is -3.37. The van der Waals surface area contributed by atoms with Gasteiger partial charge in [-0.1, -0.05) is 17.7 Å². The minimum absolute atomic E-state index is 0.0464. The maximum Gasteiger partial charge on any atom is 0.310 e. The van der Waals surface area contributed by atoms with Crippen LogP contribution in [-0.4, -0.2) is 65.4 Å². The quantitative estimate of drug-likeness (QED) is 0.251. The van der Waals surface area contributed by atoms with E-state index in [-0.39, 0.29) is 34.5 Å². The van der Waals surface area contributed by atoms with Gasteiger partial charge in [0.05, 0.1) is 23.7 Å². The van der Waals surface area contributed by atoms with E-state index in [2.05, 4.69) is 20.2 Å². The van der Waals surface area contributed by atoms with Gasteiger partial charge in [-0.05, 0) is 38.1 Å². The van der Waals surface area contributed by atoms with Crippen molar-refractivity contribution >= 4 is 39.8 Å². The normalized spacial score (nSPS) is 14.6. The molecule has 1 aliphatic heterocycles. The van der Waals surface area contributed by atoms with Crippen LogP contribution in [0.4, 0.5) is 15.8 Å². The van der Waals surface area contributed by atoms with Crippen molar-refractivity contribution in [2.75, 3.05) is 38.7 Å². The first-order valence-electron chi connectivity index (χ1n) is 11.2. The number of carbonyl (C=O) groups excluding carboxylic acids is 1. The van der Waals surface area contributed by atoms with E-state index in [4.69, 9.17) is 25.8 Å². The van der Waals surface area contributed by atoms with Crippen molar-refractivity contribution in [3.63, 3.8) is 0 Å². The van der Waals surface area contributed by atoms with E-state index in [1.807, 2.05) is 0 Å². The number of aromatic hydroxyl groups is 1. The fourth-order valence-corrected chi connectivity index (χ4v) is 4.40. The summed E-state index contributed by atoms with van der Waals surface area (Å²) in [5, 5.41) is 13.2. The Morgan fingerprint density at radius 1 is 1.29 bits per heavy atom. The van der Waals surface area contributed by atoms with E-state index >= 15 is 0 Å². The zero-order chi connectivity index (χ0) is 24.9. The van der Waals surface area contributed by atoms with Gasteiger partial charge < -0.3 is 24.6 Å². The van der Waals surface area contributed by atoms with E-state index in [1.54, 1.807) is 12.1 Å². The Bertz CT molecular complexity index is 1220.